The van der Waals surface area contributed by atoms with Crippen molar-refractivity contribution in [1.82, 2.24) is 4.72 Å². The number of hydrogen-bond donors (Lipinski definition) is 1. The Hall–Kier alpha value is -2.78. The number of sulfonamides is 1. The highest BCUT2D eigenvalue weighted by molar-refractivity contribution is 7.90. The number of fused-ring (bicyclic) bond motifs is 5. The first kappa shape index (κ1) is 31.8. The highest BCUT2D eigenvalue weighted by Crippen LogP contribution is 2.53. The summed E-state index contributed by atoms with van der Waals surface area (Å²) in [4.78, 5) is 28.8. The number of anilines is 1. The molecule has 8 nitrogen and oxygen atoms in total. The summed E-state index contributed by atoms with van der Waals surface area (Å²) in [5.74, 6) is 0.130. The number of nitrogens with zero attached hydrogens (tertiary/aromatic N) is 1. The average Bonchev–Trinajstić information content (AvgIpc) is 3.18. The zero-order valence-corrected chi connectivity index (χ0v) is 28.6. The molecule has 2 aromatic carbocycles. The minimum Gasteiger partial charge on any atom is -0.490 e. The zero-order chi connectivity index (χ0) is 32.4. The molecule has 10 heteroatoms. The largest absolute Gasteiger partial charge is 0.490 e. The van der Waals surface area contributed by atoms with Crippen LogP contribution in [0.4, 0.5) is 5.69 Å². The summed E-state index contributed by atoms with van der Waals surface area (Å²) in [6, 6.07) is 11.5. The number of hydrogen-bond acceptors (Lipinski definition) is 7. The molecule has 3 heterocycles. The molecule has 2 fully saturated rings. The number of carbonyl (C=O) groups excluding carboxylic acids is 2. The summed E-state index contributed by atoms with van der Waals surface area (Å²) in [5.41, 5.74) is 2.79. The summed E-state index contributed by atoms with van der Waals surface area (Å²) < 4.78 is 42.1. The first-order chi connectivity index (χ1) is 21.9. The summed E-state index contributed by atoms with van der Waals surface area (Å²) >= 11 is 6.44. The third-order valence-electron chi connectivity index (χ3n) is 12.0. The lowest BCUT2D eigenvalue weighted by molar-refractivity contribution is -0.162. The van der Waals surface area contributed by atoms with E-state index in [4.69, 9.17) is 21.1 Å². The fourth-order valence-electron chi connectivity index (χ4n) is 9.07. The SMILES string of the molecule is C[C@@H]1[C@@H](C)CCC[C@]2(C[C@H](C)C(=O)O2)[C@@H]2CC[C@H]2CN2C[C@@]3(CCCc4cc(Cl)ccc43)COc3ccc(cc32)C(=O)NS1(=O)=O. The molecule has 1 saturated heterocycles. The highest BCUT2D eigenvalue weighted by Gasteiger charge is 2.55. The van der Waals surface area contributed by atoms with E-state index in [1.165, 1.54) is 11.1 Å². The Kier molecular flexibility index (Phi) is 8.11. The second-order valence-electron chi connectivity index (χ2n) is 14.9. The quantitative estimate of drug-likeness (QED) is 0.323. The van der Waals surface area contributed by atoms with Gasteiger partial charge in [0.15, 0.2) is 0 Å². The number of halogens is 1. The van der Waals surface area contributed by atoms with Crippen LogP contribution in [0.25, 0.3) is 0 Å². The Bertz CT molecular complexity index is 1660. The molecule has 1 N–H and O–H groups in total. The van der Waals surface area contributed by atoms with Crippen LogP contribution >= 0.6 is 11.6 Å². The second-order valence-corrected chi connectivity index (χ2v) is 17.3. The van der Waals surface area contributed by atoms with Crippen LogP contribution in [0.15, 0.2) is 36.4 Å². The van der Waals surface area contributed by atoms with Crippen molar-refractivity contribution in [2.45, 2.75) is 94.8 Å². The van der Waals surface area contributed by atoms with Gasteiger partial charge < -0.3 is 14.4 Å². The van der Waals surface area contributed by atoms with Gasteiger partial charge in [0, 0.05) is 41.4 Å². The minimum absolute atomic E-state index is 0.124. The van der Waals surface area contributed by atoms with Crippen molar-refractivity contribution in [2.75, 3.05) is 24.6 Å². The van der Waals surface area contributed by atoms with Crippen LogP contribution in [0.1, 0.15) is 93.6 Å². The van der Waals surface area contributed by atoms with Crippen LogP contribution in [-0.4, -0.2) is 50.8 Å². The number of rotatable bonds is 0. The van der Waals surface area contributed by atoms with Crippen LogP contribution < -0.4 is 14.4 Å². The number of esters is 1. The van der Waals surface area contributed by atoms with Gasteiger partial charge in [0.25, 0.3) is 5.91 Å². The predicted octanol–water partition coefficient (Wildman–Crippen LogP) is 6.43. The number of amides is 1. The van der Waals surface area contributed by atoms with Gasteiger partial charge in [-0.25, -0.2) is 13.1 Å². The third-order valence-corrected chi connectivity index (χ3v) is 14.1. The normalized spacial score (nSPS) is 35.7. The monoisotopic (exact) mass is 668 g/mol. The summed E-state index contributed by atoms with van der Waals surface area (Å²) in [5, 5.41) is -0.0295. The molecule has 248 valence electrons. The summed E-state index contributed by atoms with van der Waals surface area (Å²) in [6.45, 7) is 7.47. The average molecular weight is 669 g/mol. The molecule has 0 unspecified atom stereocenters. The molecule has 2 bridgehead atoms. The maximum absolute atomic E-state index is 13.5. The fraction of sp³-hybridized carbons (Fsp3) is 0.611. The van der Waals surface area contributed by atoms with Crippen molar-refractivity contribution < 1.29 is 27.5 Å². The Labute approximate surface area is 277 Å². The Morgan fingerprint density at radius 3 is 2.57 bits per heavy atom. The molecule has 3 aliphatic heterocycles. The van der Waals surface area contributed by atoms with Gasteiger partial charge in [0.05, 0.1) is 23.5 Å². The maximum Gasteiger partial charge on any atom is 0.309 e. The molecule has 1 saturated carbocycles. The Morgan fingerprint density at radius 2 is 1.83 bits per heavy atom. The van der Waals surface area contributed by atoms with E-state index >= 15 is 0 Å². The third kappa shape index (κ3) is 5.49. The van der Waals surface area contributed by atoms with Crippen LogP contribution in [-0.2, 0) is 31.4 Å². The van der Waals surface area contributed by atoms with Crippen LogP contribution in [0, 0.1) is 23.7 Å². The lowest BCUT2D eigenvalue weighted by atomic mass is 9.61. The molecule has 1 amide bonds. The maximum atomic E-state index is 13.5. The molecule has 7 rings (SSSR count). The van der Waals surface area contributed by atoms with Gasteiger partial charge >= 0.3 is 5.97 Å². The van der Waals surface area contributed by atoms with E-state index in [2.05, 4.69) is 21.8 Å². The minimum atomic E-state index is -3.93. The number of carbonyl (C=O) groups is 2. The molecule has 2 spiro atoms. The van der Waals surface area contributed by atoms with Crippen molar-refractivity contribution in [3.05, 3.63) is 58.1 Å². The highest BCUT2D eigenvalue weighted by atomic mass is 35.5. The molecule has 0 aromatic heterocycles. The molecule has 5 aliphatic rings. The Balaban J connectivity index is 1.32. The van der Waals surface area contributed by atoms with E-state index < -0.39 is 26.8 Å². The molecule has 0 radical (unpaired) electrons. The van der Waals surface area contributed by atoms with Gasteiger partial charge in [-0.1, -0.05) is 31.5 Å². The van der Waals surface area contributed by atoms with Gasteiger partial charge in [-0.3, -0.25) is 9.59 Å². The summed E-state index contributed by atoms with van der Waals surface area (Å²) in [6.07, 6.45) is 7.82. The summed E-state index contributed by atoms with van der Waals surface area (Å²) in [7, 11) is -3.93. The number of nitrogens with one attached hydrogen (secondary N) is 1. The van der Waals surface area contributed by atoms with Crippen molar-refractivity contribution in [2.24, 2.45) is 23.7 Å². The van der Waals surface area contributed by atoms with E-state index in [1.54, 1.807) is 19.1 Å². The van der Waals surface area contributed by atoms with Gasteiger partial charge in [0.1, 0.15) is 11.4 Å². The fourth-order valence-corrected chi connectivity index (χ4v) is 10.6. The standard InChI is InChI=1S/C36H45ClN2O6S/c1-22-6-4-15-36(18-23(2)34(41)45-36)30-11-8-27(30)19-39-20-35(14-5-7-25-16-28(37)10-12-29(25)35)21-44-32-13-9-26(17-31(32)39)33(40)38-46(42,43)24(22)3/h9-10,12-13,16-17,22-24,27,30H,4-8,11,14-15,18-21H2,1-3H3,(H,38,40)/t22-,23-,24+,27-,30+,35-,36-/m0/s1. The van der Waals surface area contributed by atoms with E-state index in [9.17, 15) is 18.0 Å². The van der Waals surface area contributed by atoms with E-state index in [1.807, 2.05) is 26.0 Å². The van der Waals surface area contributed by atoms with E-state index in [0.29, 0.717) is 37.7 Å². The topological polar surface area (TPSA) is 102 Å². The van der Waals surface area contributed by atoms with Crippen LogP contribution in [0.3, 0.4) is 0 Å². The van der Waals surface area contributed by atoms with Crippen molar-refractivity contribution >= 4 is 39.2 Å². The Morgan fingerprint density at radius 1 is 1.00 bits per heavy atom. The first-order valence-corrected chi connectivity index (χ1v) is 18.9. The predicted molar refractivity (Wildman–Crippen MR) is 178 cm³/mol. The number of benzene rings is 2. The van der Waals surface area contributed by atoms with Gasteiger partial charge in [-0.15, -0.1) is 0 Å². The molecule has 2 aliphatic carbocycles. The van der Waals surface area contributed by atoms with Crippen molar-refractivity contribution in [1.29, 1.82) is 0 Å². The number of ether oxygens (including phenoxy) is 2. The smallest absolute Gasteiger partial charge is 0.309 e. The van der Waals surface area contributed by atoms with E-state index in [-0.39, 0.29) is 34.7 Å². The van der Waals surface area contributed by atoms with E-state index in [0.717, 1.165) is 62.2 Å². The van der Waals surface area contributed by atoms with Crippen molar-refractivity contribution in [3.8, 4) is 5.75 Å². The van der Waals surface area contributed by atoms with Crippen LogP contribution in [0.2, 0.25) is 5.02 Å². The van der Waals surface area contributed by atoms with Gasteiger partial charge in [0.2, 0.25) is 10.0 Å². The lowest BCUT2D eigenvalue weighted by Crippen LogP contribution is -2.53. The zero-order valence-electron chi connectivity index (χ0n) is 27.0. The van der Waals surface area contributed by atoms with Crippen molar-refractivity contribution in [3.63, 3.8) is 0 Å². The van der Waals surface area contributed by atoms with Gasteiger partial charge in [-0.2, -0.15) is 0 Å². The molecular weight excluding hydrogens is 624 g/mol. The lowest BCUT2D eigenvalue weighted by Gasteiger charge is -2.50. The molecular formula is C36H45ClN2O6S. The molecule has 2 aromatic rings. The van der Waals surface area contributed by atoms with Gasteiger partial charge in [-0.05, 0) is 112 Å². The molecule has 7 atom stereocenters. The number of aryl methyl sites for hydroxylation is 1. The molecule has 46 heavy (non-hydrogen) atoms. The van der Waals surface area contributed by atoms with Crippen LogP contribution in [0.5, 0.6) is 5.75 Å². The first-order valence-electron chi connectivity index (χ1n) is 17.0. The second kappa shape index (κ2) is 11.7.